The van der Waals surface area contributed by atoms with E-state index in [4.69, 9.17) is 4.74 Å². The third-order valence-corrected chi connectivity index (χ3v) is 1.98. The summed E-state index contributed by atoms with van der Waals surface area (Å²) in [5, 5.41) is 4.04. The number of rotatable bonds is 3. The maximum atomic E-state index is 10.4. The van der Waals surface area contributed by atoms with Gasteiger partial charge >= 0.3 is 0 Å². The minimum atomic E-state index is 0.342. The first kappa shape index (κ1) is 8.68. The summed E-state index contributed by atoms with van der Waals surface area (Å²) in [5.41, 5.74) is 1.60. The van der Waals surface area contributed by atoms with Crippen LogP contribution in [-0.2, 0) is 11.2 Å². The van der Waals surface area contributed by atoms with E-state index in [1.807, 2.05) is 12.1 Å². The van der Waals surface area contributed by atoms with Crippen molar-refractivity contribution in [2.75, 3.05) is 7.11 Å². The first-order chi connectivity index (χ1) is 6.86. The summed E-state index contributed by atoms with van der Waals surface area (Å²) in [4.78, 5) is 14.3. The Balaban J connectivity index is 2.63. The molecule has 0 spiro atoms. The quantitative estimate of drug-likeness (QED) is 0.662. The predicted molar refractivity (Wildman–Crippen MR) is 49.3 cm³/mol. The van der Waals surface area contributed by atoms with Crippen LogP contribution in [0, 0.1) is 0 Å². The van der Waals surface area contributed by atoms with E-state index in [0.29, 0.717) is 12.3 Å². The van der Waals surface area contributed by atoms with Crippen molar-refractivity contribution in [3.8, 4) is 5.88 Å². The van der Waals surface area contributed by atoms with E-state index in [9.17, 15) is 4.79 Å². The predicted octanol–water partition coefficient (Wildman–Crippen LogP) is 0.479. The second-order valence-electron chi connectivity index (χ2n) is 2.76. The fourth-order valence-electron chi connectivity index (χ4n) is 1.36. The lowest BCUT2D eigenvalue weighted by atomic mass is 10.3. The van der Waals surface area contributed by atoms with Gasteiger partial charge in [-0.25, -0.2) is 4.52 Å². The fourth-order valence-corrected chi connectivity index (χ4v) is 1.36. The molecule has 0 bridgehead atoms. The van der Waals surface area contributed by atoms with Gasteiger partial charge in [0, 0.05) is 6.42 Å². The molecule has 5 heteroatoms. The van der Waals surface area contributed by atoms with Gasteiger partial charge in [0.25, 0.3) is 0 Å². The lowest BCUT2D eigenvalue weighted by molar-refractivity contribution is -0.107. The maximum Gasteiger partial charge on any atom is 0.241 e. The third-order valence-electron chi connectivity index (χ3n) is 1.98. The van der Waals surface area contributed by atoms with E-state index in [0.717, 1.165) is 17.5 Å². The van der Waals surface area contributed by atoms with E-state index in [1.165, 1.54) is 6.33 Å². The molecule has 0 aliphatic heterocycles. The average Bonchev–Trinajstić information content (AvgIpc) is 2.62. The summed E-state index contributed by atoms with van der Waals surface area (Å²) in [6.45, 7) is 0. The van der Waals surface area contributed by atoms with Crippen LogP contribution in [0.1, 0.15) is 5.69 Å². The van der Waals surface area contributed by atoms with Crippen molar-refractivity contribution in [2.24, 2.45) is 0 Å². The van der Waals surface area contributed by atoms with Crippen LogP contribution >= 0.6 is 0 Å². The number of carbonyl (C=O) groups is 1. The Kier molecular flexibility index (Phi) is 2.14. The number of ether oxygens (including phenoxy) is 1. The molecule has 0 aliphatic rings. The molecule has 0 saturated heterocycles. The van der Waals surface area contributed by atoms with Crippen molar-refractivity contribution >= 4 is 11.8 Å². The molecule has 0 saturated carbocycles. The Labute approximate surface area is 80.3 Å². The molecule has 0 atom stereocenters. The summed E-state index contributed by atoms with van der Waals surface area (Å²) in [6, 6.07) is 3.67. The van der Waals surface area contributed by atoms with E-state index >= 15 is 0 Å². The Morgan fingerprint density at radius 2 is 2.43 bits per heavy atom. The number of nitrogens with zero attached hydrogens (tertiary/aromatic N) is 3. The molecule has 0 fully saturated rings. The molecule has 0 unspecified atom stereocenters. The van der Waals surface area contributed by atoms with E-state index < -0.39 is 0 Å². The number of hydrogen-bond donors (Lipinski definition) is 0. The largest absolute Gasteiger partial charge is 0.479 e. The molecule has 14 heavy (non-hydrogen) atoms. The molecule has 2 rings (SSSR count). The van der Waals surface area contributed by atoms with Crippen LogP contribution < -0.4 is 4.74 Å². The number of hydrogen-bond acceptors (Lipinski definition) is 4. The van der Waals surface area contributed by atoms with Gasteiger partial charge in [0.15, 0.2) is 0 Å². The van der Waals surface area contributed by atoms with Crippen LogP contribution in [0.4, 0.5) is 0 Å². The van der Waals surface area contributed by atoms with E-state index in [2.05, 4.69) is 10.1 Å². The average molecular weight is 191 g/mol. The number of fused-ring (bicyclic) bond motifs is 1. The highest BCUT2D eigenvalue weighted by molar-refractivity contribution is 5.61. The monoisotopic (exact) mass is 191 g/mol. The molecule has 0 radical (unpaired) electrons. The van der Waals surface area contributed by atoms with Crippen LogP contribution in [0.5, 0.6) is 5.88 Å². The second-order valence-corrected chi connectivity index (χ2v) is 2.76. The molecule has 5 nitrogen and oxygen atoms in total. The summed E-state index contributed by atoms with van der Waals surface area (Å²) in [7, 11) is 1.55. The summed E-state index contributed by atoms with van der Waals surface area (Å²) in [6.07, 6.45) is 2.59. The smallest absolute Gasteiger partial charge is 0.241 e. The van der Waals surface area contributed by atoms with Crippen LogP contribution in [0.15, 0.2) is 18.5 Å². The van der Waals surface area contributed by atoms with Gasteiger partial charge in [-0.05, 0) is 12.1 Å². The lowest BCUT2D eigenvalue weighted by Crippen LogP contribution is -2.00. The van der Waals surface area contributed by atoms with Crippen LogP contribution in [0.25, 0.3) is 5.52 Å². The highest BCUT2D eigenvalue weighted by Crippen LogP contribution is 2.17. The van der Waals surface area contributed by atoms with Gasteiger partial charge in [-0.1, -0.05) is 0 Å². The SMILES string of the molecule is COc1ncnn2c(CC=O)ccc12. The van der Waals surface area contributed by atoms with Crippen molar-refractivity contribution in [3.63, 3.8) is 0 Å². The zero-order valence-corrected chi connectivity index (χ0v) is 7.67. The zero-order valence-electron chi connectivity index (χ0n) is 7.67. The molecule has 0 aliphatic carbocycles. The van der Waals surface area contributed by atoms with Gasteiger partial charge in [0.2, 0.25) is 5.88 Å². The topological polar surface area (TPSA) is 56.5 Å². The minimum Gasteiger partial charge on any atom is -0.479 e. The van der Waals surface area contributed by atoms with Gasteiger partial charge in [0.1, 0.15) is 18.1 Å². The molecule has 2 aromatic heterocycles. The van der Waals surface area contributed by atoms with Gasteiger partial charge in [-0.3, -0.25) is 0 Å². The fraction of sp³-hybridized carbons (Fsp3) is 0.222. The second kappa shape index (κ2) is 3.45. The Hall–Kier alpha value is -1.91. The molecule has 0 amide bonds. The Bertz CT molecular complexity index is 464. The first-order valence-electron chi connectivity index (χ1n) is 4.16. The highest BCUT2D eigenvalue weighted by atomic mass is 16.5. The third kappa shape index (κ3) is 1.22. The molecular weight excluding hydrogens is 182 g/mol. The minimum absolute atomic E-state index is 0.342. The summed E-state index contributed by atoms with van der Waals surface area (Å²) in [5.74, 6) is 0.511. The molecule has 72 valence electrons. The van der Waals surface area contributed by atoms with Gasteiger partial charge < -0.3 is 9.53 Å². The standard InChI is InChI=1S/C9H9N3O2/c1-14-9-8-3-2-7(4-5-13)12(8)11-6-10-9/h2-3,5-6H,4H2,1H3. The number of methoxy groups -OCH3 is 1. The molecule has 2 heterocycles. The van der Waals surface area contributed by atoms with Crippen molar-refractivity contribution in [3.05, 3.63) is 24.2 Å². The number of aldehydes is 1. The first-order valence-corrected chi connectivity index (χ1v) is 4.16. The van der Waals surface area contributed by atoms with Crippen molar-refractivity contribution in [1.82, 2.24) is 14.6 Å². The van der Waals surface area contributed by atoms with Gasteiger partial charge in [0.05, 0.1) is 12.8 Å². The van der Waals surface area contributed by atoms with Crippen LogP contribution in [0.3, 0.4) is 0 Å². The lowest BCUT2D eigenvalue weighted by Gasteiger charge is -2.01. The van der Waals surface area contributed by atoms with Crippen molar-refractivity contribution < 1.29 is 9.53 Å². The molecular formula is C9H9N3O2. The normalized spacial score (nSPS) is 10.4. The maximum absolute atomic E-state index is 10.4. The van der Waals surface area contributed by atoms with E-state index in [-0.39, 0.29) is 0 Å². The van der Waals surface area contributed by atoms with Crippen molar-refractivity contribution in [1.29, 1.82) is 0 Å². The number of aromatic nitrogens is 3. The summed E-state index contributed by atoms with van der Waals surface area (Å²) >= 11 is 0. The van der Waals surface area contributed by atoms with Gasteiger partial charge in [-0.2, -0.15) is 10.1 Å². The van der Waals surface area contributed by atoms with Crippen molar-refractivity contribution in [2.45, 2.75) is 6.42 Å². The summed E-state index contributed by atoms with van der Waals surface area (Å²) < 4.78 is 6.71. The van der Waals surface area contributed by atoms with Crippen LogP contribution in [0.2, 0.25) is 0 Å². The highest BCUT2D eigenvalue weighted by Gasteiger charge is 2.07. The van der Waals surface area contributed by atoms with Crippen LogP contribution in [-0.4, -0.2) is 28.0 Å². The van der Waals surface area contributed by atoms with E-state index in [1.54, 1.807) is 11.6 Å². The Morgan fingerprint density at radius 1 is 1.57 bits per heavy atom. The number of carbonyl (C=O) groups excluding carboxylic acids is 1. The molecule has 0 aromatic carbocycles. The molecule has 0 N–H and O–H groups in total. The molecule has 2 aromatic rings. The zero-order chi connectivity index (χ0) is 9.97. The Morgan fingerprint density at radius 3 is 3.14 bits per heavy atom. The van der Waals surface area contributed by atoms with Gasteiger partial charge in [-0.15, -0.1) is 0 Å².